The van der Waals surface area contributed by atoms with Gasteiger partial charge in [-0.25, -0.2) is 0 Å². The highest BCUT2D eigenvalue weighted by Gasteiger charge is 2.29. The van der Waals surface area contributed by atoms with Crippen molar-refractivity contribution in [2.75, 3.05) is 13.1 Å². The lowest BCUT2D eigenvalue weighted by molar-refractivity contribution is -0.142. The monoisotopic (exact) mass is 253 g/mol. The molecule has 4 heteroatoms. The maximum Gasteiger partial charge on any atom is 0.320 e. The van der Waals surface area contributed by atoms with Gasteiger partial charge in [0.1, 0.15) is 6.04 Å². The summed E-state index contributed by atoms with van der Waals surface area (Å²) < 4.78 is 0. The fourth-order valence-electron chi connectivity index (χ4n) is 2.30. The minimum absolute atomic E-state index is 0.396. The van der Waals surface area contributed by atoms with E-state index in [4.69, 9.17) is 16.7 Å². The van der Waals surface area contributed by atoms with Gasteiger partial charge < -0.3 is 5.11 Å². The van der Waals surface area contributed by atoms with Crippen LogP contribution < -0.4 is 0 Å². The molecule has 1 aromatic rings. The Morgan fingerprint density at radius 3 is 2.71 bits per heavy atom. The van der Waals surface area contributed by atoms with Crippen LogP contribution in [-0.4, -0.2) is 35.1 Å². The SMILES string of the molecule is CC(C(=O)O)N1CCC(c2ccc(Cl)cc2)C1. The van der Waals surface area contributed by atoms with E-state index >= 15 is 0 Å². The van der Waals surface area contributed by atoms with Crippen LogP contribution in [0, 0.1) is 0 Å². The number of benzene rings is 1. The summed E-state index contributed by atoms with van der Waals surface area (Å²) in [5.74, 6) is -0.323. The molecule has 17 heavy (non-hydrogen) atoms. The van der Waals surface area contributed by atoms with Crippen LogP contribution in [0.15, 0.2) is 24.3 Å². The molecular formula is C13H16ClNO2. The van der Waals surface area contributed by atoms with Crippen LogP contribution in [0.3, 0.4) is 0 Å². The third-order valence-electron chi connectivity index (χ3n) is 3.47. The van der Waals surface area contributed by atoms with Crippen LogP contribution in [-0.2, 0) is 4.79 Å². The van der Waals surface area contributed by atoms with E-state index in [-0.39, 0.29) is 0 Å². The zero-order chi connectivity index (χ0) is 12.4. The molecule has 0 amide bonds. The van der Waals surface area contributed by atoms with Crippen LogP contribution in [0.4, 0.5) is 0 Å². The number of carboxylic acid groups (broad SMARTS) is 1. The van der Waals surface area contributed by atoms with E-state index in [0.717, 1.165) is 24.5 Å². The summed E-state index contributed by atoms with van der Waals surface area (Å²) in [5, 5.41) is 9.71. The van der Waals surface area contributed by atoms with Gasteiger partial charge in [0.05, 0.1) is 0 Å². The van der Waals surface area contributed by atoms with Gasteiger partial charge in [-0.2, -0.15) is 0 Å². The van der Waals surface area contributed by atoms with E-state index in [9.17, 15) is 4.79 Å². The molecule has 0 aliphatic carbocycles. The predicted molar refractivity (Wildman–Crippen MR) is 67.5 cm³/mol. The summed E-state index contributed by atoms with van der Waals surface area (Å²) in [7, 11) is 0. The molecule has 0 radical (unpaired) electrons. The van der Waals surface area contributed by atoms with Crippen molar-refractivity contribution < 1.29 is 9.90 Å². The highest BCUT2D eigenvalue weighted by molar-refractivity contribution is 6.30. The van der Waals surface area contributed by atoms with E-state index in [0.29, 0.717) is 5.92 Å². The van der Waals surface area contributed by atoms with Crippen LogP contribution in [0.25, 0.3) is 0 Å². The van der Waals surface area contributed by atoms with E-state index in [2.05, 4.69) is 0 Å². The molecule has 92 valence electrons. The van der Waals surface area contributed by atoms with Gasteiger partial charge in [-0.3, -0.25) is 9.69 Å². The summed E-state index contributed by atoms with van der Waals surface area (Å²) in [6.07, 6.45) is 1.01. The molecule has 1 fully saturated rings. The molecule has 0 spiro atoms. The molecule has 0 aromatic heterocycles. The number of carbonyl (C=O) groups is 1. The zero-order valence-electron chi connectivity index (χ0n) is 9.77. The van der Waals surface area contributed by atoms with Gasteiger partial charge >= 0.3 is 5.97 Å². The smallest absolute Gasteiger partial charge is 0.320 e. The molecule has 2 rings (SSSR count). The minimum Gasteiger partial charge on any atom is -0.480 e. The van der Waals surface area contributed by atoms with Crippen LogP contribution in [0.2, 0.25) is 5.02 Å². The Morgan fingerprint density at radius 1 is 1.47 bits per heavy atom. The van der Waals surface area contributed by atoms with Gasteiger partial charge in [-0.1, -0.05) is 23.7 Å². The van der Waals surface area contributed by atoms with Gasteiger partial charge in [0.15, 0.2) is 0 Å². The Morgan fingerprint density at radius 2 is 2.12 bits per heavy atom. The Labute approximate surface area is 106 Å². The van der Waals surface area contributed by atoms with Gasteiger partial charge in [-0.05, 0) is 43.5 Å². The number of nitrogens with zero attached hydrogens (tertiary/aromatic N) is 1. The zero-order valence-corrected chi connectivity index (χ0v) is 10.5. The summed E-state index contributed by atoms with van der Waals surface area (Å²) in [6, 6.07) is 7.44. The van der Waals surface area contributed by atoms with Crippen molar-refractivity contribution in [3.05, 3.63) is 34.9 Å². The van der Waals surface area contributed by atoms with Crippen LogP contribution in [0.1, 0.15) is 24.8 Å². The van der Waals surface area contributed by atoms with E-state index < -0.39 is 12.0 Å². The average molecular weight is 254 g/mol. The normalized spacial score (nSPS) is 22.6. The van der Waals surface area contributed by atoms with Crippen molar-refractivity contribution in [3.8, 4) is 0 Å². The number of rotatable bonds is 3. The standard InChI is InChI=1S/C13H16ClNO2/c1-9(13(16)17)15-7-6-11(8-15)10-2-4-12(14)5-3-10/h2-5,9,11H,6-8H2,1H3,(H,16,17). The number of carboxylic acids is 1. The fraction of sp³-hybridized carbons (Fsp3) is 0.462. The van der Waals surface area contributed by atoms with Crippen LogP contribution in [0.5, 0.6) is 0 Å². The number of likely N-dealkylation sites (tertiary alicyclic amines) is 1. The van der Waals surface area contributed by atoms with E-state index in [1.807, 2.05) is 29.2 Å². The number of hydrogen-bond acceptors (Lipinski definition) is 2. The minimum atomic E-state index is -0.748. The Balaban J connectivity index is 2.02. The predicted octanol–water partition coefficient (Wildman–Crippen LogP) is 2.60. The van der Waals surface area contributed by atoms with Crippen molar-refractivity contribution in [2.45, 2.75) is 25.3 Å². The highest BCUT2D eigenvalue weighted by Crippen LogP contribution is 2.29. The van der Waals surface area contributed by atoms with Crippen molar-refractivity contribution >= 4 is 17.6 Å². The third kappa shape index (κ3) is 2.79. The molecule has 1 aliphatic rings. The van der Waals surface area contributed by atoms with Crippen molar-refractivity contribution in [1.82, 2.24) is 4.90 Å². The molecule has 1 aromatic carbocycles. The maximum atomic E-state index is 10.9. The lowest BCUT2D eigenvalue weighted by Gasteiger charge is -2.20. The molecule has 1 aliphatic heterocycles. The molecule has 1 heterocycles. The second-order valence-electron chi connectivity index (χ2n) is 4.55. The Kier molecular flexibility index (Phi) is 3.69. The number of halogens is 1. The first-order chi connectivity index (χ1) is 8.08. The van der Waals surface area contributed by atoms with Crippen molar-refractivity contribution in [3.63, 3.8) is 0 Å². The van der Waals surface area contributed by atoms with E-state index in [1.165, 1.54) is 5.56 Å². The second-order valence-corrected chi connectivity index (χ2v) is 4.98. The molecule has 2 atom stereocenters. The maximum absolute atomic E-state index is 10.9. The quantitative estimate of drug-likeness (QED) is 0.900. The average Bonchev–Trinajstić information content (AvgIpc) is 2.78. The van der Waals surface area contributed by atoms with Gasteiger partial charge in [0.25, 0.3) is 0 Å². The third-order valence-corrected chi connectivity index (χ3v) is 3.72. The first-order valence-corrected chi connectivity index (χ1v) is 6.18. The molecular weight excluding hydrogens is 238 g/mol. The molecule has 2 unspecified atom stereocenters. The summed E-state index contributed by atoms with van der Waals surface area (Å²) in [5.41, 5.74) is 1.24. The molecule has 3 nitrogen and oxygen atoms in total. The topological polar surface area (TPSA) is 40.5 Å². The summed E-state index contributed by atoms with van der Waals surface area (Å²) >= 11 is 5.85. The lowest BCUT2D eigenvalue weighted by Crippen LogP contribution is -2.37. The molecule has 1 N–H and O–H groups in total. The highest BCUT2D eigenvalue weighted by atomic mass is 35.5. The molecule has 1 saturated heterocycles. The summed E-state index contributed by atoms with van der Waals surface area (Å²) in [6.45, 7) is 3.41. The number of aliphatic carboxylic acids is 1. The van der Waals surface area contributed by atoms with E-state index in [1.54, 1.807) is 6.92 Å². The lowest BCUT2D eigenvalue weighted by atomic mass is 9.99. The molecule has 0 saturated carbocycles. The number of hydrogen-bond donors (Lipinski definition) is 1. The van der Waals surface area contributed by atoms with Crippen molar-refractivity contribution in [1.29, 1.82) is 0 Å². The summed E-state index contributed by atoms with van der Waals surface area (Å²) in [4.78, 5) is 12.9. The van der Waals surface area contributed by atoms with Gasteiger partial charge in [0, 0.05) is 11.6 Å². The largest absolute Gasteiger partial charge is 0.480 e. The van der Waals surface area contributed by atoms with Crippen LogP contribution >= 0.6 is 11.6 Å². The fourth-order valence-corrected chi connectivity index (χ4v) is 2.43. The molecule has 0 bridgehead atoms. The Bertz CT molecular complexity index is 404. The first-order valence-electron chi connectivity index (χ1n) is 5.80. The van der Waals surface area contributed by atoms with Crippen molar-refractivity contribution in [2.24, 2.45) is 0 Å². The second kappa shape index (κ2) is 5.07. The Hall–Kier alpha value is -1.06. The van der Waals surface area contributed by atoms with Gasteiger partial charge in [-0.15, -0.1) is 0 Å². The first kappa shape index (κ1) is 12.4. The van der Waals surface area contributed by atoms with Gasteiger partial charge in [0.2, 0.25) is 0 Å².